The summed E-state index contributed by atoms with van der Waals surface area (Å²) in [5.74, 6) is -0.318. The van der Waals surface area contributed by atoms with E-state index in [1.165, 1.54) is 0 Å². The number of nitrogens with zero attached hydrogens (tertiary/aromatic N) is 1. The number of carbonyl (C=O) groups is 1. The third kappa shape index (κ3) is 2.18. The van der Waals surface area contributed by atoms with E-state index in [0.29, 0.717) is 18.6 Å². The first-order valence-electron chi connectivity index (χ1n) is 5.82. The number of hydrogen-bond acceptors (Lipinski definition) is 3. The molecule has 0 bridgehead atoms. The molecule has 0 radical (unpaired) electrons. The van der Waals surface area contributed by atoms with Gasteiger partial charge in [0.2, 0.25) is 0 Å². The van der Waals surface area contributed by atoms with Crippen LogP contribution in [0, 0.1) is 11.3 Å². The van der Waals surface area contributed by atoms with Crippen molar-refractivity contribution < 1.29 is 9.53 Å². The smallest absolute Gasteiger partial charge is 0.338 e. The zero-order valence-corrected chi connectivity index (χ0v) is 10.1. The van der Waals surface area contributed by atoms with Crippen molar-refractivity contribution in [1.29, 1.82) is 5.26 Å². The predicted octanol–water partition coefficient (Wildman–Crippen LogP) is 3.03. The van der Waals surface area contributed by atoms with Crippen LogP contribution in [0.4, 0.5) is 0 Å². The lowest BCUT2D eigenvalue weighted by atomic mass is 10.0. The Hall–Kier alpha value is -2.34. The number of hydrogen-bond donors (Lipinski definition) is 0. The molecule has 0 saturated heterocycles. The maximum absolute atomic E-state index is 11.8. The van der Waals surface area contributed by atoms with Crippen LogP contribution in [0.15, 0.2) is 36.4 Å². The highest BCUT2D eigenvalue weighted by molar-refractivity contribution is 5.99. The lowest BCUT2D eigenvalue weighted by molar-refractivity contribution is 0.0528. The highest BCUT2D eigenvalue weighted by Gasteiger charge is 2.17. The molecular weight excluding hydrogens is 226 g/mol. The molecule has 0 aliphatic heterocycles. The number of esters is 1. The number of nitriles is 1. The summed E-state index contributed by atoms with van der Waals surface area (Å²) in [6.45, 7) is 2.14. The van der Waals surface area contributed by atoms with E-state index >= 15 is 0 Å². The first kappa shape index (κ1) is 12.1. The highest BCUT2D eigenvalue weighted by Crippen LogP contribution is 2.31. The van der Waals surface area contributed by atoms with Crippen molar-refractivity contribution in [2.75, 3.05) is 6.61 Å². The summed E-state index contributed by atoms with van der Waals surface area (Å²) >= 11 is 0. The lowest BCUT2D eigenvalue weighted by Crippen LogP contribution is -2.04. The fourth-order valence-corrected chi connectivity index (χ4v) is 1.99. The van der Waals surface area contributed by atoms with E-state index in [2.05, 4.69) is 6.07 Å². The molecule has 0 aromatic rings. The van der Waals surface area contributed by atoms with Crippen molar-refractivity contribution in [2.45, 2.75) is 13.3 Å². The topological polar surface area (TPSA) is 50.1 Å². The SMILES string of the molecule is CCOC(=O)c1ccc2c(CC#N)ccccc1-2. The Kier molecular flexibility index (Phi) is 3.59. The molecular formula is C15H13NO2. The maximum Gasteiger partial charge on any atom is 0.338 e. The van der Waals surface area contributed by atoms with E-state index in [1.54, 1.807) is 13.0 Å². The van der Waals surface area contributed by atoms with E-state index in [1.807, 2.05) is 30.3 Å². The molecule has 0 aromatic heterocycles. The van der Waals surface area contributed by atoms with Crippen molar-refractivity contribution in [3.8, 4) is 17.2 Å². The van der Waals surface area contributed by atoms with Crippen molar-refractivity contribution in [2.24, 2.45) is 0 Å². The Morgan fingerprint density at radius 2 is 2.00 bits per heavy atom. The fourth-order valence-electron chi connectivity index (χ4n) is 1.99. The minimum absolute atomic E-state index is 0.318. The van der Waals surface area contributed by atoms with Gasteiger partial charge < -0.3 is 4.74 Å². The molecule has 0 atom stereocenters. The van der Waals surface area contributed by atoms with Gasteiger partial charge in [-0.15, -0.1) is 0 Å². The third-order valence-corrected chi connectivity index (χ3v) is 2.78. The van der Waals surface area contributed by atoms with Gasteiger partial charge in [-0.2, -0.15) is 5.26 Å². The molecule has 0 fully saturated rings. The number of rotatable bonds is 3. The van der Waals surface area contributed by atoms with Crippen LogP contribution in [-0.2, 0) is 11.2 Å². The first-order valence-corrected chi connectivity index (χ1v) is 5.82. The predicted molar refractivity (Wildman–Crippen MR) is 68.3 cm³/mol. The highest BCUT2D eigenvalue weighted by atomic mass is 16.5. The lowest BCUT2D eigenvalue weighted by Gasteiger charge is -2.03. The van der Waals surface area contributed by atoms with Gasteiger partial charge in [0.15, 0.2) is 0 Å². The Morgan fingerprint density at radius 3 is 2.72 bits per heavy atom. The molecule has 0 unspecified atom stereocenters. The van der Waals surface area contributed by atoms with Crippen LogP contribution in [0.2, 0.25) is 0 Å². The van der Waals surface area contributed by atoms with E-state index in [9.17, 15) is 4.79 Å². The molecule has 0 saturated carbocycles. The minimum atomic E-state index is -0.318. The zero-order chi connectivity index (χ0) is 13.0. The monoisotopic (exact) mass is 239 g/mol. The quantitative estimate of drug-likeness (QED) is 0.773. The first-order chi connectivity index (χ1) is 8.77. The number of ether oxygens (including phenoxy) is 1. The Morgan fingerprint density at radius 1 is 1.22 bits per heavy atom. The molecule has 0 spiro atoms. The number of carbonyl (C=O) groups excluding carboxylic acids is 1. The summed E-state index contributed by atoms with van der Waals surface area (Å²) in [5, 5.41) is 8.82. The van der Waals surface area contributed by atoms with Crippen molar-refractivity contribution in [3.05, 3.63) is 47.5 Å². The van der Waals surface area contributed by atoms with E-state index < -0.39 is 0 Å². The summed E-state index contributed by atoms with van der Waals surface area (Å²) in [6, 6.07) is 13.3. The Bertz CT molecular complexity index is 584. The van der Waals surface area contributed by atoms with Gasteiger partial charge in [-0.05, 0) is 29.7 Å². The van der Waals surface area contributed by atoms with Gasteiger partial charge >= 0.3 is 5.97 Å². The van der Waals surface area contributed by atoms with Gasteiger partial charge in [-0.1, -0.05) is 30.3 Å². The van der Waals surface area contributed by atoms with Crippen LogP contribution in [0.3, 0.4) is 0 Å². The largest absolute Gasteiger partial charge is 0.462 e. The van der Waals surface area contributed by atoms with Crippen LogP contribution in [0.1, 0.15) is 22.8 Å². The van der Waals surface area contributed by atoms with Gasteiger partial charge in [0.25, 0.3) is 0 Å². The molecule has 2 rings (SSSR count). The average Bonchev–Trinajstić information content (AvgIpc) is 2.68. The molecule has 18 heavy (non-hydrogen) atoms. The summed E-state index contributed by atoms with van der Waals surface area (Å²) in [4.78, 5) is 11.8. The van der Waals surface area contributed by atoms with Gasteiger partial charge in [-0.25, -0.2) is 4.79 Å². The van der Waals surface area contributed by atoms with Crippen molar-refractivity contribution >= 4 is 5.97 Å². The zero-order valence-electron chi connectivity index (χ0n) is 10.1. The van der Waals surface area contributed by atoms with Gasteiger partial charge in [0, 0.05) is 0 Å². The summed E-state index contributed by atoms with van der Waals surface area (Å²) in [5.41, 5.74) is 3.25. The van der Waals surface area contributed by atoms with Crippen LogP contribution >= 0.6 is 0 Å². The normalized spacial score (nSPS) is 10.0. The van der Waals surface area contributed by atoms with Crippen LogP contribution < -0.4 is 0 Å². The second kappa shape index (κ2) is 5.33. The molecule has 0 heterocycles. The number of fused-ring (bicyclic) bond motifs is 1. The van der Waals surface area contributed by atoms with E-state index in [-0.39, 0.29) is 5.97 Å². The average molecular weight is 239 g/mol. The second-order valence-electron chi connectivity index (χ2n) is 3.87. The molecule has 0 amide bonds. The molecule has 0 aromatic carbocycles. The molecule has 2 aliphatic carbocycles. The Labute approximate surface area is 106 Å². The standard InChI is InChI=1S/C15H13NO2/c1-2-18-15(17)14-8-7-12-11(9-10-16)5-3-4-6-13(12)14/h3-8H,2,9H2,1H3. The van der Waals surface area contributed by atoms with Crippen molar-refractivity contribution in [3.63, 3.8) is 0 Å². The van der Waals surface area contributed by atoms with Crippen LogP contribution in [-0.4, -0.2) is 12.6 Å². The van der Waals surface area contributed by atoms with Gasteiger partial charge in [-0.3, -0.25) is 0 Å². The van der Waals surface area contributed by atoms with Gasteiger partial charge in [0.1, 0.15) is 0 Å². The molecule has 2 aliphatic rings. The second-order valence-corrected chi connectivity index (χ2v) is 3.87. The molecule has 90 valence electrons. The van der Waals surface area contributed by atoms with Gasteiger partial charge in [0.05, 0.1) is 24.7 Å². The minimum Gasteiger partial charge on any atom is -0.462 e. The third-order valence-electron chi connectivity index (χ3n) is 2.78. The molecule has 3 nitrogen and oxygen atoms in total. The summed E-state index contributed by atoms with van der Waals surface area (Å²) in [7, 11) is 0. The molecule has 0 N–H and O–H groups in total. The summed E-state index contributed by atoms with van der Waals surface area (Å²) < 4.78 is 5.02. The summed E-state index contributed by atoms with van der Waals surface area (Å²) in [6.07, 6.45) is 0.331. The maximum atomic E-state index is 11.8. The Balaban J connectivity index is 2.50. The van der Waals surface area contributed by atoms with Crippen LogP contribution in [0.25, 0.3) is 11.1 Å². The van der Waals surface area contributed by atoms with Crippen molar-refractivity contribution in [1.82, 2.24) is 0 Å². The fraction of sp³-hybridized carbons (Fsp3) is 0.200. The van der Waals surface area contributed by atoms with E-state index in [4.69, 9.17) is 10.00 Å². The van der Waals surface area contributed by atoms with E-state index in [0.717, 1.165) is 16.7 Å². The molecule has 3 heteroatoms. The van der Waals surface area contributed by atoms with Crippen LogP contribution in [0.5, 0.6) is 0 Å².